The Hall–Kier alpha value is -3.64. The molecule has 0 amide bonds. The maximum atomic E-state index is 13.6. The van der Waals surface area contributed by atoms with E-state index in [4.69, 9.17) is 5.73 Å². The van der Waals surface area contributed by atoms with Crippen molar-refractivity contribution in [2.24, 2.45) is 0 Å². The Morgan fingerprint density at radius 1 is 0.697 bits per heavy atom. The molecule has 0 radical (unpaired) electrons. The van der Waals surface area contributed by atoms with Gasteiger partial charge in [-0.05, 0) is 36.4 Å². The van der Waals surface area contributed by atoms with Crippen LogP contribution in [0.5, 0.6) is 0 Å². The van der Waals surface area contributed by atoms with Gasteiger partial charge >= 0.3 is 12.4 Å². The zero-order valence-corrected chi connectivity index (χ0v) is 16.9. The molecule has 3 aromatic rings. The summed E-state index contributed by atoms with van der Waals surface area (Å²) in [5, 5.41) is 0. The number of aromatic nitrogens is 2. The monoisotopic (exact) mass is 477 g/mol. The van der Waals surface area contributed by atoms with Crippen molar-refractivity contribution in [1.82, 2.24) is 9.97 Å². The molecule has 0 saturated heterocycles. The van der Waals surface area contributed by atoms with Crippen molar-refractivity contribution in [2.75, 3.05) is 29.6 Å². The Morgan fingerprint density at radius 2 is 1.06 bits per heavy atom. The number of halogens is 8. The van der Waals surface area contributed by atoms with Crippen molar-refractivity contribution in [1.29, 1.82) is 0 Å². The Labute approximate surface area is 182 Å². The van der Waals surface area contributed by atoms with Gasteiger partial charge in [0.15, 0.2) is 11.6 Å². The number of nitrogens with zero attached hydrogens (tertiary/aromatic N) is 4. The Kier molecular flexibility index (Phi) is 6.09. The molecule has 1 aromatic heterocycles. The predicted molar refractivity (Wildman–Crippen MR) is 105 cm³/mol. The minimum atomic E-state index is -4.94. The predicted octanol–water partition coefficient (Wildman–Crippen LogP) is 5.91. The fourth-order valence-corrected chi connectivity index (χ4v) is 3.03. The van der Waals surface area contributed by atoms with Gasteiger partial charge in [0, 0.05) is 25.5 Å². The summed E-state index contributed by atoms with van der Waals surface area (Å²) in [6.45, 7) is 0. The lowest BCUT2D eigenvalue weighted by molar-refractivity contribution is -0.140. The molecule has 13 heteroatoms. The minimum Gasteiger partial charge on any atom is -0.393 e. The largest absolute Gasteiger partial charge is 0.419 e. The molecule has 0 fully saturated rings. The number of benzene rings is 2. The molecule has 0 aliphatic carbocycles. The molecule has 0 aliphatic rings. The van der Waals surface area contributed by atoms with E-state index in [1.807, 2.05) is 0 Å². The van der Waals surface area contributed by atoms with Crippen molar-refractivity contribution in [3.63, 3.8) is 0 Å². The van der Waals surface area contributed by atoms with E-state index >= 15 is 0 Å². The molecule has 2 N–H and O–H groups in total. The summed E-state index contributed by atoms with van der Waals surface area (Å²) in [4.78, 5) is 10.1. The van der Waals surface area contributed by atoms with Crippen molar-refractivity contribution in [2.45, 2.75) is 12.4 Å². The molecule has 0 atom stereocenters. The topological polar surface area (TPSA) is 58.3 Å². The third-order valence-corrected chi connectivity index (χ3v) is 4.76. The van der Waals surface area contributed by atoms with Crippen LogP contribution in [0.25, 0.3) is 0 Å². The highest BCUT2D eigenvalue weighted by atomic mass is 19.4. The molecule has 0 bridgehead atoms. The van der Waals surface area contributed by atoms with E-state index in [-0.39, 0.29) is 28.7 Å². The summed E-state index contributed by atoms with van der Waals surface area (Å²) in [6.07, 6.45) is -8.89. The highest BCUT2D eigenvalue weighted by Crippen LogP contribution is 2.39. The molecule has 33 heavy (non-hydrogen) atoms. The van der Waals surface area contributed by atoms with E-state index in [9.17, 15) is 35.1 Å². The van der Waals surface area contributed by atoms with E-state index in [0.717, 1.165) is 28.3 Å². The Balaban J connectivity index is 2.03. The normalized spacial score (nSPS) is 12.1. The Bertz CT molecular complexity index is 1090. The third kappa shape index (κ3) is 4.76. The first-order valence-electron chi connectivity index (χ1n) is 9.03. The maximum Gasteiger partial charge on any atom is 0.419 e. The van der Waals surface area contributed by atoms with E-state index in [1.165, 1.54) is 14.1 Å². The molecular weight excluding hydrogens is 462 g/mol. The fraction of sp³-hybridized carbons (Fsp3) is 0.200. The summed E-state index contributed by atoms with van der Waals surface area (Å²) in [6, 6.07) is 4.55. The van der Waals surface area contributed by atoms with E-state index < -0.39 is 35.1 Å². The van der Waals surface area contributed by atoms with Crippen LogP contribution in [-0.4, -0.2) is 24.1 Å². The SMILES string of the molecule is CN(c1ccc(F)c(C(F)(F)F)c1)c1ncnc(N(C)c2ccc(F)c(C(F)(F)F)c2)c1N. The average molecular weight is 477 g/mol. The summed E-state index contributed by atoms with van der Waals surface area (Å²) in [5.41, 5.74) is 2.66. The zero-order valence-electron chi connectivity index (χ0n) is 16.9. The first-order chi connectivity index (χ1) is 15.2. The Morgan fingerprint density at radius 3 is 1.39 bits per heavy atom. The molecule has 0 unspecified atom stereocenters. The van der Waals surface area contributed by atoms with Crippen LogP contribution in [0.1, 0.15) is 11.1 Å². The second-order valence-electron chi connectivity index (χ2n) is 6.88. The van der Waals surface area contributed by atoms with Gasteiger partial charge in [-0.3, -0.25) is 0 Å². The number of nitrogens with two attached hydrogens (primary N) is 1. The highest BCUT2D eigenvalue weighted by molar-refractivity contribution is 5.82. The second-order valence-corrected chi connectivity index (χ2v) is 6.88. The van der Waals surface area contributed by atoms with Gasteiger partial charge in [-0.15, -0.1) is 0 Å². The lowest BCUT2D eigenvalue weighted by Gasteiger charge is -2.25. The van der Waals surface area contributed by atoms with Crippen LogP contribution in [0.3, 0.4) is 0 Å². The summed E-state index contributed by atoms with van der Waals surface area (Å²) >= 11 is 0. The van der Waals surface area contributed by atoms with Crippen LogP contribution >= 0.6 is 0 Å². The van der Waals surface area contributed by atoms with Gasteiger partial charge in [-0.25, -0.2) is 18.7 Å². The van der Waals surface area contributed by atoms with E-state index in [1.54, 1.807) is 0 Å². The van der Waals surface area contributed by atoms with Gasteiger partial charge in [-0.1, -0.05) is 0 Å². The van der Waals surface area contributed by atoms with Crippen LogP contribution in [-0.2, 0) is 12.4 Å². The van der Waals surface area contributed by atoms with Crippen LogP contribution in [0.2, 0.25) is 0 Å². The van der Waals surface area contributed by atoms with Crippen LogP contribution in [0, 0.1) is 11.6 Å². The molecule has 0 saturated carbocycles. The van der Waals surface area contributed by atoms with Crippen molar-refractivity contribution >= 4 is 28.7 Å². The molecular formula is C20H15F8N5. The number of hydrogen-bond acceptors (Lipinski definition) is 5. The average Bonchev–Trinajstić information content (AvgIpc) is 2.72. The minimum absolute atomic E-state index is 0.0928. The number of hydrogen-bond donors (Lipinski definition) is 1. The van der Waals surface area contributed by atoms with Crippen LogP contribution in [0.15, 0.2) is 42.7 Å². The van der Waals surface area contributed by atoms with Crippen molar-refractivity contribution in [3.8, 4) is 0 Å². The summed E-state index contributed by atoms with van der Waals surface area (Å²) in [5.74, 6) is -3.12. The zero-order chi connectivity index (χ0) is 24.7. The third-order valence-electron chi connectivity index (χ3n) is 4.76. The van der Waals surface area contributed by atoms with Crippen LogP contribution in [0.4, 0.5) is 63.8 Å². The summed E-state index contributed by atoms with van der Waals surface area (Å²) < 4.78 is 106. The van der Waals surface area contributed by atoms with Gasteiger partial charge < -0.3 is 15.5 Å². The van der Waals surface area contributed by atoms with Gasteiger partial charge in [0.25, 0.3) is 0 Å². The molecule has 5 nitrogen and oxygen atoms in total. The number of alkyl halides is 6. The second kappa shape index (κ2) is 8.37. The standard InChI is InChI=1S/C20H15F8N5/c1-32(10-3-5-14(21)12(7-10)19(23,24)25)17-16(29)18(31-9-30-17)33(2)11-4-6-15(22)13(8-11)20(26,27)28/h3-9H,29H2,1-2H3. The molecule has 176 valence electrons. The fourth-order valence-electron chi connectivity index (χ4n) is 3.03. The summed E-state index contributed by atoms with van der Waals surface area (Å²) in [7, 11) is 2.63. The van der Waals surface area contributed by atoms with Gasteiger partial charge in [-0.2, -0.15) is 26.3 Å². The lowest BCUT2D eigenvalue weighted by atomic mass is 10.1. The van der Waals surface area contributed by atoms with E-state index in [2.05, 4.69) is 9.97 Å². The van der Waals surface area contributed by atoms with Gasteiger partial charge in [0.2, 0.25) is 0 Å². The van der Waals surface area contributed by atoms with Gasteiger partial charge in [0.05, 0.1) is 11.1 Å². The highest BCUT2D eigenvalue weighted by Gasteiger charge is 2.36. The van der Waals surface area contributed by atoms with E-state index in [0.29, 0.717) is 24.3 Å². The van der Waals surface area contributed by atoms with Gasteiger partial charge in [0.1, 0.15) is 23.6 Å². The number of rotatable bonds is 4. The van der Waals surface area contributed by atoms with Crippen LogP contribution < -0.4 is 15.5 Å². The number of nitrogen functional groups attached to an aromatic ring is 1. The quantitative estimate of drug-likeness (QED) is 0.474. The number of anilines is 5. The lowest BCUT2D eigenvalue weighted by Crippen LogP contribution is -2.20. The van der Waals surface area contributed by atoms with Crippen molar-refractivity contribution in [3.05, 3.63) is 65.5 Å². The first-order valence-corrected chi connectivity index (χ1v) is 9.03. The molecule has 2 aromatic carbocycles. The smallest absolute Gasteiger partial charge is 0.393 e. The molecule has 3 rings (SSSR count). The van der Waals surface area contributed by atoms with Crippen molar-refractivity contribution < 1.29 is 35.1 Å². The molecule has 0 spiro atoms. The first kappa shape index (κ1) is 24.0. The maximum absolute atomic E-state index is 13.6. The molecule has 0 aliphatic heterocycles. The molecule has 1 heterocycles.